The van der Waals surface area contributed by atoms with E-state index in [4.69, 9.17) is 4.74 Å². The number of carbonyl (C=O) groups excluding carboxylic acids is 1. The van der Waals surface area contributed by atoms with E-state index in [1.807, 2.05) is 57.2 Å². The van der Waals surface area contributed by atoms with Gasteiger partial charge in [-0.25, -0.2) is 0 Å². The maximum absolute atomic E-state index is 12.4. The fourth-order valence-corrected chi connectivity index (χ4v) is 3.80. The van der Waals surface area contributed by atoms with Gasteiger partial charge in [0.05, 0.1) is 12.5 Å². The average molecular weight is 412 g/mol. The van der Waals surface area contributed by atoms with Crippen LogP contribution in [0.4, 0.5) is 0 Å². The highest BCUT2D eigenvalue weighted by molar-refractivity contribution is 5.70. The molecule has 0 fully saturated rings. The van der Waals surface area contributed by atoms with Gasteiger partial charge in [0.1, 0.15) is 5.60 Å². The Bertz CT molecular complexity index is 713. The van der Waals surface area contributed by atoms with Crippen molar-refractivity contribution in [3.8, 4) is 0 Å². The first-order valence-electron chi connectivity index (χ1n) is 10.9. The normalized spacial score (nSPS) is 14.9. The van der Waals surface area contributed by atoms with Gasteiger partial charge >= 0.3 is 5.97 Å². The average Bonchev–Trinajstić information content (AvgIpc) is 2.68. The highest BCUT2D eigenvalue weighted by atomic mass is 16.6. The lowest BCUT2D eigenvalue weighted by molar-refractivity contribution is -0.158. The Morgan fingerprint density at radius 3 is 1.83 bits per heavy atom. The van der Waals surface area contributed by atoms with Crippen molar-refractivity contribution >= 4 is 5.97 Å². The molecule has 164 valence electrons. The molecule has 0 saturated heterocycles. The van der Waals surface area contributed by atoms with Gasteiger partial charge in [0.25, 0.3) is 0 Å². The lowest BCUT2D eigenvalue weighted by atomic mass is 9.90. The van der Waals surface area contributed by atoms with Gasteiger partial charge in [-0.15, -0.1) is 0 Å². The van der Waals surface area contributed by atoms with Gasteiger partial charge in [0.15, 0.2) is 0 Å². The van der Waals surface area contributed by atoms with E-state index in [2.05, 4.69) is 43.0 Å². The van der Waals surface area contributed by atoms with Crippen LogP contribution in [0.1, 0.15) is 58.6 Å². The maximum atomic E-state index is 12.4. The van der Waals surface area contributed by atoms with Gasteiger partial charge in [-0.2, -0.15) is 0 Å². The predicted octanol–water partition coefficient (Wildman–Crippen LogP) is 5.20. The molecule has 2 aromatic rings. The van der Waals surface area contributed by atoms with E-state index in [1.54, 1.807) is 0 Å². The number of nitrogens with zero attached hydrogens (tertiary/aromatic N) is 1. The summed E-state index contributed by atoms with van der Waals surface area (Å²) in [5.74, 6) is -0.141. The number of rotatable bonds is 10. The van der Waals surface area contributed by atoms with E-state index in [0.717, 1.165) is 6.42 Å². The lowest BCUT2D eigenvalue weighted by Crippen LogP contribution is -2.48. The molecule has 0 unspecified atom stereocenters. The molecule has 0 radical (unpaired) electrons. The number of aliphatic hydroxyl groups excluding tert-OH is 1. The van der Waals surface area contributed by atoms with Crippen molar-refractivity contribution in [2.45, 2.75) is 78.3 Å². The van der Waals surface area contributed by atoms with E-state index in [0.29, 0.717) is 13.1 Å². The fourth-order valence-electron chi connectivity index (χ4n) is 3.80. The zero-order valence-corrected chi connectivity index (χ0v) is 19.0. The lowest BCUT2D eigenvalue weighted by Gasteiger charge is -2.38. The first-order chi connectivity index (χ1) is 14.2. The van der Waals surface area contributed by atoms with Crippen LogP contribution in [-0.2, 0) is 22.6 Å². The molecule has 0 aliphatic rings. The monoisotopic (exact) mass is 411 g/mol. The van der Waals surface area contributed by atoms with Crippen molar-refractivity contribution in [1.29, 1.82) is 0 Å². The molecule has 3 atom stereocenters. The van der Waals surface area contributed by atoms with Crippen molar-refractivity contribution in [1.82, 2.24) is 4.90 Å². The van der Waals surface area contributed by atoms with E-state index in [9.17, 15) is 9.90 Å². The molecule has 4 nitrogen and oxygen atoms in total. The predicted molar refractivity (Wildman–Crippen MR) is 122 cm³/mol. The summed E-state index contributed by atoms with van der Waals surface area (Å²) in [6, 6.07) is 20.4. The Hall–Kier alpha value is -2.17. The topological polar surface area (TPSA) is 49.8 Å². The summed E-state index contributed by atoms with van der Waals surface area (Å²) in [5.41, 5.74) is 1.81. The second kappa shape index (κ2) is 11.3. The Labute approximate surface area is 181 Å². The summed E-state index contributed by atoms with van der Waals surface area (Å²) in [4.78, 5) is 14.7. The van der Waals surface area contributed by atoms with Crippen LogP contribution in [0.3, 0.4) is 0 Å². The summed E-state index contributed by atoms with van der Waals surface area (Å²) >= 11 is 0. The molecule has 0 heterocycles. The molecule has 0 saturated carbocycles. The smallest absolute Gasteiger partial charge is 0.308 e. The zero-order chi connectivity index (χ0) is 22.1. The quantitative estimate of drug-likeness (QED) is 0.546. The molecule has 0 amide bonds. The first-order valence-corrected chi connectivity index (χ1v) is 10.9. The third kappa shape index (κ3) is 7.92. The van der Waals surface area contributed by atoms with Gasteiger partial charge in [0.2, 0.25) is 0 Å². The summed E-state index contributed by atoms with van der Waals surface area (Å²) in [7, 11) is 0. The third-order valence-electron chi connectivity index (χ3n) is 5.30. The summed E-state index contributed by atoms with van der Waals surface area (Å²) in [6.45, 7) is 11.2. The van der Waals surface area contributed by atoms with E-state index >= 15 is 0 Å². The molecule has 0 aromatic heterocycles. The van der Waals surface area contributed by atoms with Crippen LogP contribution < -0.4 is 0 Å². The molecule has 0 aliphatic carbocycles. The molecule has 1 N–H and O–H groups in total. The minimum absolute atomic E-state index is 0.00758. The van der Waals surface area contributed by atoms with Gasteiger partial charge < -0.3 is 9.84 Å². The number of hydrogen-bond donors (Lipinski definition) is 1. The first kappa shape index (κ1) is 24.1. The summed E-state index contributed by atoms with van der Waals surface area (Å²) in [5, 5.41) is 11.2. The van der Waals surface area contributed by atoms with E-state index in [-0.39, 0.29) is 24.3 Å². The van der Waals surface area contributed by atoms with Crippen LogP contribution >= 0.6 is 0 Å². The number of esters is 1. The van der Waals surface area contributed by atoms with Gasteiger partial charge in [-0.1, -0.05) is 80.9 Å². The number of aliphatic hydroxyl groups is 1. The Morgan fingerprint density at radius 1 is 0.967 bits per heavy atom. The van der Waals surface area contributed by atoms with E-state index in [1.165, 1.54) is 11.1 Å². The fraction of sp³-hybridized carbons (Fsp3) is 0.500. The van der Waals surface area contributed by atoms with Gasteiger partial charge in [0, 0.05) is 19.1 Å². The SMILES string of the molecule is CC[C@H](C)[C@H]([C@H](O)CC(=O)OC(C)(C)C)N(Cc1ccccc1)Cc1ccccc1. The molecular weight excluding hydrogens is 374 g/mol. The van der Waals surface area contributed by atoms with Crippen LogP contribution in [0, 0.1) is 5.92 Å². The van der Waals surface area contributed by atoms with Crippen molar-refractivity contribution in [2.24, 2.45) is 5.92 Å². The second-order valence-electron chi connectivity index (χ2n) is 9.11. The number of benzene rings is 2. The van der Waals surface area contributed by atoms with Crippen LogP contribution in [0.25, 0.3) is 0 Å². The van der Waals surface area contributed by atoms with Crippen LogP contribution in [0.2, 0.25) is 0 Å². The molecule has 0 spiro atoms. The number of hydrogen-bond acceptors (Lipinski definition) is 4. The maximum Gasteiger partial charge on any atom is 0.308 e. The highest BCUT2D eigenvalue weighted by Gasteiger charge is 2.33. The van der Waals surface area contributed by atoms with Crippen LogP contribution in [0.5, 0.6) is 0 Å². The van der Waals surface area contributed by atoms with Crippen LogP contribution in [-0.4, -0.2) is 33.7 Å². The van der Waals surface area contributed by atoms with Crippen molar-refractivity contribution in [3.63, 3.8) is 0 Å². The molecule has 4 heteroatoms. The number of carbonyl (C=O) groups is 1. The van der Waals surface area contributed by atoms with E-state index < -0.39 is 11.7 Å². The second-order valence-corrected chi connectivity index (χ2v) is 9.11. The minimum Gasteiger partial charge on any atom is -0.460 e. The summed E-state index contributed by atoms with van der Waals surface area (Å²) in [6.07, 6.45) is 0.102. The standard InChI is InChI=1S/C26H37NO3/c1-6-20(2)25(23(28)17-24(29)30-26(3,4)5)27(18-21-13-9-7-10-14-21)19-22-15-11-8-12-16-22/h7-16,20,23,25,28H,6,17-19H2,1-5H3/t20-,23+,25+/m0/s1. The van der Waals surface area contributed by atoms with Crippen LogP contribution in [0.15, 0.2) is 60.7 Å². The van der Waals surface area contributed by atoms with Gasteiger partial charge in [-0.3, -0.25) is 9.69 Å². The third-order valence-corrected chi connectivity index (χ3v) is 5.30. The van der Waals surface area contributed by atoms with Crippen molar-refractivity contribution in [2.75, 3.05) is 0 Å². The van der Waals surface area contributed by atoms with Crippen molar-refractivity contribution < 1.29 is 14.6 Å². The highest BCUT2D eigenvalue weighted by Crippen LogP contribution is 2.25. The molecule has 30 heavy (non-hydrogen) atoms. The van der Waals surface area contributed by atoms with Gasteiger partial charge in [-0.05, 0) is 37.8 Å². The van der Waals surface area contributed by atoms with Crippen molar-refractivity contribution in [3.05, 3.63) is 71.8 Å². The number of ether oxygens (including phenoxy) is 1. The summed E-state index contributed by atoms with van der Waals surface area (Å²) < 4.78 is 5.47. The zero-order valence-electron chi connectivity index (χ0n) is 19.0. The largest absolute Gasteiger partial charge is 0.460 e. The Morgan fingerprint density at radius 2 is 1.43 bits per heavy atom. The Kier molecular flexibility index (Phi) is 9.07. The molecule has 2 rings (SSSR count). The Balaban J connectivity index is 2.28. The molecular formula is C26H37NO3. The molecule has 0 bridgehead atoms. The molecule has 0 aliphatic heterocycles. The molecule has 2 aromatic carbocycles. The minimum atomic E-state index is -0.803.